The second kappa shape index (κ2) is 8.90. The first-order valence-electron chi connectivity index (χ1n) is 9.43. The molecule has 0 aliphatic carbocycles. The van der Waals surface area contributed by atoms with Crippen LogP contribution in [0.3, 0.4) is 0 Å². The Labute approximate surface area is 182 Å². The third kappa shape index (κ3) is 5.01. The molecule has 0 heterocycles. The summed E-state index contributed by atoms with van der Waals surface area (Å²) in [5.74, 6) is -0.289. The Hall–Kier alpha value is -2.83. The number of amides is 1. The number of rotatable bonds is 6. The van der Waals surface area contributed by atoms with Crippen molar-refractivity contribution in [3.8, 4) is 0 Å². The minimum Gasteiger partial charge on any atom is -0.346 e. The zero-order chi connectivity index (χ0) is 21.9. The van der Waals surface area contributed by atoms with E-state index in [0.717, 1.165) is 16.7 Å². The summed E-state index contributed by atoms with van der Waals surface area (Å²) in [5, 5.41) is 3.11. The topological polar surface area (TPSA) is 75.3 Å². The molecule has 7 heteroatoms. The van der Waals surface area contributed by atoms with Crippen molar-refractivity contribution in [3.05, 3.63) is 94.0 Å². The number of benzene rings is 3. The highest BCUT2D eigenvalue weighted by Crippen LogP contribution is 2.26. The van der Waals surface area contributed by atoms with Gasteiger partial charge >= 0.3 is 0 Å². The lowest BCUT2D eigenvalue weighted by atomic mass is 9.99. The molecule has 0 spiro atoms. The van der Waals surface area contributed by atoms with Crippen molar-refractivity contribution in [2.45, 2.75) is 31.7 Å². The van der Waals surface area contributed by atoms with Gasteiger partial charge in [-0.2, -0.15) is 0 Å². The summed E-state index contributed by atoms with van der Waals surface area (Å²) < 4.78 is 27.4. The maximum absolute atomic E-state index is 12.7. The fourth-order valence-electron chi connectivity index (χ4n) is 3.13. The summed E-state index contributed by atoms with van der Waals surface area (Å²) in [5.41, 5.74) is 3.81. The molecule has 0 aromatic heterocycles. The van der Waals surface area contributed by atoms with E-state index in [9.17, 15) is 13.2 Å². The molecule has 30 heavy (non-hydrogen) atoms. The van der Waals surface area contributed by atoms with Crippen molar-refractivity contribution in [3.63, 3.8) is 0 Å². The zero-order valence-corrected chi connectivity index (χ0v) is 18.5. The molecule has 0 fully saturated rings. The van der Waals surface area contributed by atoms with Gasteiger partial charge < -0.3 is 5.32 Å². The molecule has 0 aliphatic rings. The molecule has 0 unspecified atom stereocenters. The highest BCUT2D eigenvalue weighted by molar-refractivity contribution is 7.92. The number of carbonyl (C=O) groups excluding carboxylic acids is 1. The van der Waals surface area contributed by atoms with Crippen molar-refractivity contribution in [1.82, 2.24) is 5.32 Å². The van der Waals surface area contributed by atoms with E-state index in [2.05, 4.69) is 16.1 Å². The van der Waals surface area contributed by atoms with Crippen LogP contribution >= 0.6 is 11.6 Å². The molecule has 3 aromatic carbocycles. The van der Waals surface area contributed by atoms with Crippen molar-refractivity contribution in [1.29, 1.82) is 0 Å². The van der Waals surface area contributed by atoms with Gasteiger partial charge in [0.15, 0.2) is 0 Å². The summed E-state index contributed by atoms with van der Waals surface area (Å²) in [6, 6.07) is 18.4. The molecule has 1 amide bonds. The van der Waals surface area contributed by atoms with Gasteiger partial charge in [-0.25, -0.2) is 8.42 Å². The van der Waals surface area contributed by atoms with Crippen LogP contribution in [0, 0.1) is 13.8 Å². The van der Waals surface area contributed by atoms with Gasteiger partial charge in [0, 0.05) is 5.56 Å². The predicted octanol–water partition coefficient (Wildman–Crippen LogP) is 5.25. The average molecular weight is 443 g/mol. The van der Waals surface area contributed by atoms with E-state index >= 15 is 0 Å². The van der Waals surface area contributed by atoms with E-state index in [0.29, 0.717) is 5.56 Å². The number of hydrogen-bond donors (Lipinski definition) is 2. The maximum Gasteiger partial charge on any atom is 0.261 e. The molecule has 3 aromatic rings. The highest BCUT2D eigenvalue weighted by atomic mass is 35.5. The van der Waals surface area contributed by atoms with Crippen LogP contribution in [0.2, 0.25) is 5.02 Å². The van der Waals surface area contributed by atoms with Gasteiger partial charge in [-0.3, -0.25) is 9.52 Å². The molecule has 0 aliphatic heterocycles. The lowest BCUT2D eigenvalue weighted by Gasteiger charge is -2.18. The monoisotopic (exact) mass is 442 g/mol. The smallest absolute Gasteiger partial charge is 0.261 e. The van der Waals surface area contributed by atoms with Gasteiger partial charge in [0.1, 0.15) is 0 Å². The Balaban J connectivity index is 1.76. The average Bonchev–Trinajstić information content (AvgIpc) is 2.71. The van der Waals surface area contributed by atoms with Gasteiger partial charge in [0.2, 0.25) is 0 Å². The van der Waals surface area contributed by atoms with Gasteiger partial charge in [0.25, 0.3) is 15.9 Å². The number of carbonyl (C=O) groups is 1. The van der Waals surface area contributed by atoms with Crippen molar-refractivity contribution in [2.75, 3.05) is 4.72 Å². The lowest BCUT2D eigenvalue weighted by Crippen LogP contribution is -2.27. The van der Waals surface area contributed by atoms with E-state index in [1.54, 1.807) is 24.3 Å². The quantitative estimate of drug-likeness (QED) is 0.547. The van der Waals surface area contributed by atoms with Gasteiger partial charge in [-0.05, 0) is 62.2 Å². The number of anilines is 1. The van der Waals surface area contributed by atoms with Crippen molar-refractivity contribution >= 4 is 33.2 Å². The van der Waals surface area contributed by atoms with Crippen LogP contribution in [0.1, 0.15) is 40.0 Å². The summed E-state index contributed by atoms with van der Waals surface area (Å²) in [6.07, 6.45) is 0. The number of nitrogens with one attached hydrogen (secondary N) is 2. The highest BCUT2D eigenvalue weighted by Gasteiger charge is 2.18. The maximum atomic E-state index is 12.7. The Bertz CT molecular complexity index is 1180. The van der Waals surface area contributed by atoms with Crippen LogP contribution in [-0.4, -0.2) is 14.3 Å². The predicted molar refractivity (Wildman–Crippen MR) is 120 cm³/mol. The first-order chi connectivity index (χ1) is 14.2. The zero-order valence-electron chi connectivity index (χ0n) is 16.9. The summed E-state index contributed by atoms with van der Waals surface area (Å²) in [6.45, 7) is 5.93. The minimum absolute atomic E-state index is 0.130. The van der Waals surface area contributed by atoms with Crippen LogP contribution in [0.5, 0.6) is 0 Å². The summed E-state index contributed by atoms with van der Waals surface area (Å²) in [4.78, 5) is 12.8. The van der Waals surface area contributed by atoms with E-state index in [4.69, 9.17) is 11.6 Å². The van der Waals surface area contributed by atoms with E-state index < -0.39 is 10.0 Å². The number of aryl methyl sites for hydroxylation is 2. The molecule has 5 nitrogen and oxygen atoms in total. The van der Waals surface area contributed by atoms with Crippen LogP contribution < -0.4 is 10.0 Å². The molecule has 0 bridgehead atoms. The lowest BCUT2D eigenvalue weighted by molar-refractivity contribution is 0.0940. The third-order valence-electron chi connectivity index (χ3n) is 4.78. The van der Waals surface area contributed by atoms with E-state index in [1.807, 2.05) is 32.9 Å². The molecule has 0 saturated carbocycles. The molecule has 3 rings (SSSR count). The Morgan fingerprint density at radius 1 is 0.967 bits per heavy atom. The Kier molecular flexibility index (Phi) is 6.48. The van der Waals surface area contributed by atoms with Gasteiger partial charge in [-0.1, -0.05) is 53.6 Å². The number of halogens is 1. The Morgan fingerprint density at radius 3 is 2.33 bits per heavy atom. The fourth-order valence-corrected chi connectivity index (χ4v) is 4.51. The summed E-state index contributed by atoms with van der Waals surface area (Å²) in [7, 11) is -3.77. The molecular weight excluding hydrogens is 420 g/mol. The van der Waals surface area contributed by atoms with Crippen LogP contribution in [0.25, 0.3) is 0 Å². The fraction of sp³-hybridized carbons (Fsp3) is 0.174. The van der Waals surface area contributed by atoms with Crippen LogP contribution in [0.4, 0.5) is 5.69 Å². The largest absolute Gasteiger partial charge is 0.346 e. The van der Waals surface area contributed by atoms with E-state index in [1.165, 1.54) is 24.3 Å². The first-order valence-corrected chi connectivity index (χ1v) is 11.3. The SMILES string of the molecule is Cc1ccc(C)c([C@H](C)NC(=O)c2ccc(NS(=O)(=O)c3ccccc3)c(Cl)c2)c1. The molecule has 0 radical (unpaired) electrons. The molecule has 1 atom stereocenters. The third-order valence-corrected chi connectivity index (χ3v) is 6.47. The molecule has 0 saturated heterocycles. The number of hydrogen-bond acceptors (Lipinski definition) is 3. The molecule has 156 valence electrons. The standard InChI is InChI=1S/C23H23ClN2O3S/c1-15-9-10-16(2)20(13-15)17(3)25-23(27)18-11-12-22(21(24)14-18)26-30(28,29)19-7-5-4-6-8-19/h4-14,17,26H,1-3H3,(H,25,27)/t17-/m0/s1. The second-order valence-corrected chi connectivity index (χ2v) is 9.26. The molecular formula is C23H23ClN2O3S. The number of sulfonamides is 1. The normalized spacial score (nSPS) is 12.3. The van der Waals surface area contributed by atoms with Gasteiger partial charge in [0.05, 0.1) is 21.6 Å². The van der Waals surface area contributed by atoms with Gasteiger partial charge in [-0.15, -0.1) is 0 Å². The molecule has 2 N–H and O–H groups in total. The first kappa shape index (κ1) is 21.9. The van der Waals surface area contributed by atoms with Crippen molar-refractivity contribution in [2.24, 2.45) is 0 Å². The second-order valence-electron chi connectivity index (χ2n) is 7.17. The minimum atomic E-state index is -3.77. The van der Waals surface area contributed by atoms with Crippen molar-refractivity contribution < 1.29 is 13.2 Å². The summed E-state index contributed by atoms with van der Waals surface area (Å²) >= 11 is 6.26. The Morgan fingerprint density at radius 2 is 1.67 bits per heavy atom. The van der Waals surface area contributed by atoms with Crippen LogP contribution in [-0.2, 0) is 10.0 Å². The van der Waals surface area contributed by atoms with E-state index in [-0.39, 0.29) is 27.6 Å². The van der Waals surface area contributed by atoms with Crippen LogP contribution in [0.15, 0.2) is 71.6 Å².